The summed E-state index contributed by atoms with van der Waals surface area (Å²) in [7, 11) is 0. The van der Waals surface area contributed by atoms with Gasteiger partial charge in [0, 0.05) is 6.54 Å². The molecular weight excluding hydrogens is 205 g/mol. The molecule has 88 valence electrons. The van der Waals surface area contributed by atoms with E-state index in [0.29, 0.717) is 18.3 Å². The van der Waals surface area contributed by atoms with Gasteiger partial charge < -0.3 is 10.1 Å². The number of para-hydroxylation sites is 1. The van der Waals surface area contributed by atoms with E-state index in [-0.39, 0.29) is 11.9 Å². The lowest BCUT2D eigenvalue weighted by Gasteiger charge is -2.15. The Bertz CT molecular complexity index is 347. The summed E-state index contributed by atoms with van der Waals surface area (Å²) in [5.74, 6) is -0.189. The topological polar surface area (TPSA) is 21.3 Å². The summed E-state index contributed by atoms with van der Waals surface area (Å²) in [6.45, 7) is 4.67. The zero-order valence-corrected chi connectivity index (χ0v) is 9.79. The first-order valence-corrected chi connectivity index (χ1v) is 5.81. The van der Waals surface area contributed by atoms with Crippen LogP contribution in [-0.4, -0.2) is 18.8 Å². The number of rotatable bonds is 3. The summed E-state index contributed by atoms with van der Waals surface area (Å²) in [5, 5.41) is 3.14. The Morgan fingerprint density at radius 2 is 2.25 bits per heavy atom. The van der Waals surface area contributed by atoms with Crippen LogP contribution in [0.5, 0.6) is 0 Å². The lowest BCUT2D eigenvalue weighted by molar-refractivity contribution is 0.0636. The quantitative estimate of drug-likeness (QED) is 0.850. The summed E-state index contributed by atoms with van der Waals surface area (Å²) in [6.07, 6.45) is 2.71. The van der Waals surface area contributed by atoms with E-state index in [2.05, 4.69) is 12.2 Å². The fraction of sp³-hybridized carbons (Fsp3) is 0.538. The third kappa shape index (κ3) is 2.53. The predicted molar refractivity (Wildman–Crippen MR) is 63.2 cm³/mol. The van der Waals surface area contributed by atoms with Gasteiger partial charge in [-0.05, 0) is 38.3 Å². The number of hydrogen-bond donors (Lipinski definition) is 1. The van der Waals surface area contributed by atoms with Crippen LogP contribution in [0.1, 0.15) is 25.3 Å². The first-order valence-electron chi connectivity index (χ1n) is 5.81. The van der Waals surface area contributed by atoms with E-state index < -0.39 is 0 Å². The standard InChI is InChI=1S/C13H18FNO/c1-9-4-3-5-12(14)13(9)15-8-11-7-6-10(2)16-11/h3-5,10-11,15H,6-8H2,1-2H3. The van der Waals surface area contributed by atoms with Gasteiger partial charge in [-0.2, -0.15) is 0 Å². The van der Waals surface area contributed by atoms with Gasteiger partial charge in [-0.1, -0.05) is 12.1 Å². The Hall–Kier alpha value is -1.09. The second-order valence-corrected chi connectivity index (χ2v) is 4.46. The van der Waals surface area contributed by atoms with Crippen molar-refractivity contribution in [3.63, 3.8) is 0 Å². The van der Waals surface area contributed by atoms with Crippen LogP contribution in [0.4, 0.5) is 10.1 Å². The molecule has 0 aromatic heterocycles. The molecule has 2 nitrogen and oxygen atoms in total. The van der Waals surface area contributed by atoms with Crippen LogP contribution < -0.4 is 5.32 Å². The Balaban J connectivity index is 1.94. The number of anilines is 1. The van der Waals surface area contributed by atoms with Gasteiger partial charge in [-0.3, -0.25) is 0 Å². The molecule has 2 unspecified atom stereocenters. The number of hydrogen-bond acceptors (Lipinski definition) is 2. The number of aryl methyl sites for hydroxylation is 1. The van der Waals surface area contributed by atoms with Crippen molar-refractivity contribution < 1.29 is 9.13 Å². The number of nitrogens with one attached hydrogen (secondary N) is 1. The average Bonchev–Trinajstić information content (AvgIpc) is 2.63. The second kappa shape index (κ2) is 4.83. The van der Waals surface area contributed by atoms with Crippen molar-refractivity contribution in [1.29, 1.82) is 0 Å². The third-order valence-electron chi connectivity index (χ3n) is 3.05. The van der Waals surface area contributed by atoms with E-state index in [4.69, 9.17) is 4.74 Å². The maximum atomic E-state index is 13.5. The minimum atomic E-state index is -0.189. The summed E-state index contributed by atoms with van der Waals surface area (Å²) in [6, 6.07) is 5.11. The van der Waals surface area contributed by atoms with Gasteiger partial charge in [0.2, 0.25) is 0 Å². The van der Waals surface area contributed by atoms with Crippen LogP contribution in [0.2, 0.25) is 0 Å². The van der Waals surface area contributed by atoms with Gasteiger partial charge in [0.15, 0.2) is 0 Å². The molecule has 16 heavy (non-hydrogen) atoms. The molecule has 0 saturated carbocycles. The summed E-state index contributed by atoms with van der Waals surface area (Å²) in [4.78, 5) is 0. The number of ether oxygens (including phenoxy) is 1. The van der Waals surface area contributed by atoms with Gasteiger partial charge in [-0.15, -0.1) is 0 Å². The fourth-order valence-electron chi connectivity index (χ4n) is 2.11. The molecule has 0 bridgehead atoms. The van der Waals surface area contributed by atoms with Crippen molar-refractivity contribution in [2.75, 3.05) is 11.9 Å². The van der Waals surface area contributed by atoms with Crippen LogP contribution in [-0.2, 0) is 4.74 Å². The molecule has 1 aromatic rings. The van der Waals surface area contributed by atoms with E-state index in [9.17, 15) is 4.39 Å². The van der Waals surface area contributed by atoms with Crippen LogP contribution in [0.3, 0.4) is 0 Å². The molecule has 1 N–H and O–H groups in total. The Labute approximate surface area is 95.8 Å². The molecule has 0 amide bonds. The van der Waals surface area contributed by atoms with E-state index in [1.54, 1.807) is 6.07 Å². The molecule has 2 rings (SSSR count). The van der Waals surface area contributed by atoms with Crippen LogP contribution in [0.15, 0.2) is 18.2 Å². The highest BCUT2D eigenvalue weighted by Crippen LogP contribution is 2.22. The van der Waals surface area contributed by atoms with Crippen molar-refractivity contribution in [3.05, 3.63) is 29.6 Å². The third-order valence-corrected chi connectivity index (χ3v) is 3.05. The van der Waals surface area contributed by atoms with Crippen LogP contribution in [0.25, 0.3) is 0 Å². The molecule has 2 atom stereocenters. The van der Waals surface area contributed by atoms with E-state index in [1.807, 2.05) is 13.0 Å². The van der Waals surface area contributed by atoms with Crippen molar-refractivity contribution >= 4 is 5.69 Å². The zero-order valence-electron chi connectivity index (χ0n) is 9.79. The molecule has 3 heteroatoms. The van der Waals surface area contributed by atoms with Crippen molar-refractivity contribution in [3.8, 4) is 0 Å². The Morgan fingerprint density at radius 3 is 2.88 bits per heavy atom. The fourth-order valence-corrected chi connectivity index (χ4v) is 2.11. The maximum Gasteiger partial charge on any atom is 0.146 e. The summed E-state index contributed by atoms with van der Waals surface area (Å²) in [5.41, 5.74) is 1.54. The Morgan fingerprint density at radius 1 is 1.44 bits per heavy atom. The van der Waals surface area contributed by atoms with E-state index >= 15 is 0 Å². The predicted octanol–water partition coefficient (Wildman–Crippen LogP) is 3.11. The monoisotopic (exact) mass is 223 g/mol. The van der Waals surface area contributed by atoms with Gasteiger partial charge in [0.05, 0.1) is 17.9 Å². The molecule has 1 fully saturated rings. The normalized spacial score (nSPS) is 24.7. The second-order valence-electron chi connectivity index (χ2n) is 4.46. The first kappa shape index (κ1) is 11.4. The van der Waals surface area contributed by atoms with Gasteiger partial charge >= 0.3 is 0 Å². The van der Waals surface area contributed by atoms with Gasteiger partial charge in [-0.25, -0.2) is 4.39 Å². The smallest absolute Gasteiger partial charge is 0.146 e. The maximum absolute atomic E-state index is 13.5. The molecule has 1 aromatic carbocycles. The highest BCUT2D eigenvalue weighted by molar-refractivity contribution is 5.51. The molecule has 0 spiro atoms. The van der Waals surface area contributed by atoms with Gasteiger partial charge in [0.25, 0.3) is 0 Å². The minimum absolute atomic E-state index is 0.189. The lowest BCUT2D eigenvalue weighted by atomic mass is 10.1. The highest BCUT2D eigenvalue weighted by atomic mass is 19.1. The molecule has 1 aliphatic heterocycles. The molecular formula is C13H18FNO. The molecule has 1 heterocycles. The number of benzene rings is 1. The van der Waals surface area contributed by atoms with Crippen molar-refractivity contribution in [2.24, 2.45) is 0 Å². The summed E-state index contributed by atoms with van der Waals surface area (Å²) >= 11 is 0. The minimum Gasteiger partial charge on any atom is -0.380 e. The van der Waals surface area contributed by atoms with Crippen LogP contribution in [0, 0.1) is 12.7 Å². The van der Waals surface area contributed by atoms with E-state index in [1.165, 1.54) is 6.07 Å². The SMILES string of the molecule is Cc1cccc(F)c1NCC1CCC(C)O1. The van der Waals surface area contributed by atoms with Crippen molar-refractivity contribution in [2.45, 2.75) is 38.9 Å². The zero-order chi connectivity index (χ0) is 11.5. The molecule has 0 aliphatic carbocycles. The van der Waals surface area contributed by atoms with E-state index in [0.717, 1.165) is 18.4 Å². The number of halogens is 1. The lowest BCUT2D eigenvalue weighted by Crippen LogP contribution is -2.20. The van der Waals surface area contributed by atoms with Gasteiger partial charge in [0.1, 0.15) is 5.82 Å². The first-order chi connectivity index (χ1) is 7.66. The van der Waals surface area contributed by atoms with Crippen molar-refractivity contribution in [1.82, 2.24) is 0 Å². The Kier molecular flexibility index (Phi) is 3.44. The molecule has 1 aliphatic rings. The highest BCUT2D eigenvalue weighted by Gasteiger charge is 2.21. The van der Waals surface area contributed by atoms with Crippen LogP contribution >= 0.6 is 0 Å². The molecule has 0 radical (unpaired) electrons. The summed E-state index contributed by atoms with van der Waals surface area (Å²) < 4.78 is 19.2. The largest absolute Gasteiger partial charge is 0.380 e. The average molecular weight is 223 g/mol. The molecule has 1 saturated heterocycles.